The lowest BCUT2D eigenvalue weighted by molar-refractivity contribution is 0.00292. The summed E-state index contributed by atoms with van der Waals surface area (Å²) in [5.74, 6) is 2.28. The molecule has 1 unspecified atom stereocenters. The molecule has 2 fully saturated rings. The van der Waals surface area contributed by atoms with Crippen molar-refractivity contribution in [3.63, 3.8) is 0 Å². The van der Waals surface area contributed by atoms with Crippen molar-refractivity contribution in [2.75, 3.05) is 7.11 Å². The molecule has 2 saturated carbocycles. The van der Waals surface area contributed by atoms with Crippen molar-refractivity contribution in [3.05, 3.63) is 48.6 Å². The van der Waals surface area contributed by atoms with Crippen molar-refractivity contribution in [1.29, 1.82) is 0 Å². The highest BCUT2D eigenvalue weighted by Crippen LogP contribution is 2.57. The predicted molar refractivity (Wildman–Crippen MR) is 143 cm³/mol. The summed E-state index contributed by atoms with van der Waals surface area (Å²) in [6.07, 6.45) is 4.46. The first kappa shape index (κ1) is 27.0. The van der Waals surface area contributed by atoms with E-state index in [1.54, 1.807) is 7.11 Å². The summed E-state index contributed by atoms with van der Waals surface area (Å²) < 4.78 is 18.5. The van der Waals surface area contributed by atoms with Crippen molar-refractivity contribution in [1.82, 2.24) is 0 Å². The molecule has 3 rings (SSSR count). The SMILES string of the molecule is C=C[C@@H]1C[C@H](C(O)c2ccc(OC)c(OC(C)C)c2)[C@H]2[C@H]1C(=C)CC[C@H]2O[Si](C)(C)C(C)(C)C. The third kappa shape index (κ3) is 5.32. The minimum absolute atomic E-state index is 0.0198. The van der Waals surface area contributed by atoms with Crippen molar-refractivity contribution in [2.45, 2.75) is 90.3 Å². The Morgan fingerprint density at radius 1 is 1.18 bits per heavy atom. The number of rotatable bonds is 8. The van der Waals surface area contributed by atoms with E-state index in [0.29, 0.717) is 23.3 Å². The van der Waals surface area contributed by atoms with Gasteiger partial charge in [0.05, 0.1) is 19.3 Å². The van der Waals surface area contributed by atoms with Gasteiger partial charge in [-0.1, -0.05) is 45.1 Å². The average Bonchev–Trinajstić information content (AvgIpc) is 3.14. The fourth-order valence-electron chi connectivity index (χ4n) is 5.68. The van der Waals surface area contributed by atoms with Crippen LogP contribution in [0.5, 0.6) is 11.5 Å². The second-order valence-electron chi connectivity index (χ2n) is 12.0. The van der Waals surface area contributed by atoms with Crippen molar-refractivity contribution in [2.24, 2.45) is 23.7 Å². The fraction of sp³-hybridized carbons (Fsp3) is 0.655. The van der Waals surface area contributed by atoms with Gasteiger partial charge in [-0.15, -0.1) is 6.58 Å². The van der Waals surface area contributed by atoms with E-state index in [1.807, 2.05) is 32.0 Å². The number of aliphatic hydroxyl groups is 1. The normalized spacial score (nSPS) is 28.5. The van der Waals surface area contributed by atoms with E-state index >= 15 is 0 Å². The van der Waals surface area contributed by atoms with E-state index in [4.69, 9.17) is 13.9 Å². The van der Waals surface area contributed by atoms with Crippen LogP contribution < -0.4 is 9.47 Å². The average molecular weight is 487 g/mol. The Bertz CT molecular complexity index is 885. The van der Waals surface area contributed by atoms with E-state index < -0.39 is 14.4 Å². The molecular weight excluding hydrogens is 440 g/mol. The number of hydrogen-bond donors (Lipinski definition) is 1. The molecule has 5 heteroatoms. The van der Waals surface area contributed by atoms with Gasteiger partial charge in [-0.25, -0.2) is 0 Å². The topological polar surface area (TPSA) is 47.9 Å². The lowest BCUT2D eigenvalue weighted by Crippen LogP contribution is -2.49. The van der Waals surface area contributed by atoms with E-state index in [1.165, 1.54) is 5.57 Å². The number of aliphatic hydroxyl groups excluding tert-OH is 1. The molecule has 34 heavy (non-hydrogen) atoms. The van der Waals surface area contributed by atoms with Crippen molar-refractivity contribution >= 4 is 8.32 Å². The largest absolute Gasteiger partial charge is 0.493 e. The Kier molecular flexibility index (Phi) is 8.11. The van der Waals surface area contributed by atoms with Gasteiger partial charge in [-0.05, 0) is 92.6 Å². The molecule has 0 bridgehead atoms. The molecule has 6 atom stereocenters. The highest BCUT2D eigenvalue weighted by Gasteiger charge is 2.53. The Hall–Kier alpha value is -1.56. The third-order valence-corrected chi connectivity index (χ3v) is 12.9. The molecule has 0 spiro atoms. The molecule has 1 aromatic rings. The number of hydrogen-bond acceptors (Lipinski definition) is 4. The second-order valence-corrected chi connectivity index (χ2v) is 16.8. The zero-order chi connectivity index (χ0) is 25.4. The summed E-state index contributed by atoms with van der Waals surface area (Å²) in [5.41, 5.74) is 2.16. The van der Waals surface area contributed by atoms with Crippen LogP contribution in [0.25, 0.3) is 0 Å². The van der Waals surface area contributed by atoms with Crippen LogP contribution in [0, 0.1) is 23.7 Å². The van der Waals surface area contributed by atoms with Crippen LogP contribution in [-0.4, -0.2) is 32.7 Å². The van der Waals surface area contributed by atoms with Gasteiger partial charge in [0.25, 0.3) is 0 Å². The maximum absolute atomic E-state index is 11.8. The van der Waals surface area contributed by atoms with Crippen LogP contribution in [0.1, 0.15) is 65.5 Å². The number of benzene rings is 1. The van der Waals surface area contributed by atoms with E-state index in [9.17, 15) is 5.11 Å². The molecule has 2 aliphatic carbocycles. The highest BCUT2D eigenvalue weighted by molar-refractivity contribution is 6.74. The van der Waals surface area contributed by atoms with Crippen LogP contribution in [-0.2, 0) is 4.43 Å². The Morgan fingerprint density at radius 2 is 1.85 bits per heavy atom. The van der Waals surface area contributed by atoms with Gasteiger partial charge in [0.1, 0.15) is 0 Å². The van der Waals surface area contributed by atoms with E-state index in [0.717, 1.165) is 24.8 Å². The van der Waals surface area contributed by atoms with Crippen LogP contribution >= 0.6 is 0 Å². The monoisotopic (exact) mass is 486 g/mol. The Morgan fingerprint density at radius 3 is 2.41 bits per heavy atom. The molecule has 2 aliphatic rings. The number of fused-ring (bicyclic) bond motifs is 1. The van der Waals surface area contributed by atoms with Gasteiger partial charge < -0.3 is 19.0 Å². The van der Waals surface area contributed by atoms with E-state index in [2.05, 4.69) is 53.1 Å². The fourth-order valence-corrected chi connectivity index (χ4v) is 7.07. The number of methoxy groups -OCH3 is 1. The molecule has 0 aromatic heterocycles. The van der Waals surface area contributed by atoms with Crippen LogP contribution in [0.4, 0.5) is 0 Å². The first-order chi connectivity index (χ1) is 15.8. The van der Waals surface area contributed by atoms with Gasteiger partial charge in [0.2, 0.25) is 0 Å². The maximum atomic E-state index is 11.8. The first-order valence-electron chi connectivity index (χ1n) is 12.8. The van der Waals surface area contributed by atoms with Crippen molar-refractivity contribution in [3.8, 4) is 11.5 Å². The summed E-state index contributed by atoms with van der Waals surface area (Å²) in [5, 5.41) is 11.9. The molecule has 190 valence electrons. The molecule has 0 amide bonds. The molecule has 4 nitrogen and oxygen atoms in total. The third-order valence-electron chi connectivity index (χ3n) is 8.42. The first-order valence-corrected chi connectivity index (χ1v) is 15.7. The van der Waals surface area contributed by atoms with Crippen LogP contribution in [0.2, 0.25) is 18.1 Å². The summed E-state index contributed by atoms with van der Waals surface area (Å²) in [4.78, 5) is 0. The zero-order valence-electron chi connectivity index (χ0n) is 22.6. The van der Waals surface area contributed by atoms with Gasteiger partial charge in [-0.2, -0.15) is 0 Å². The minimum atomic E-state index is -1.96. The predicted octanol–water partition coefficient (Wildman–Crippen LogP) is 7.31. The second kappa shape index (κ2) is 10.2. The molecule has 0 saturated heterocycles. The molecule has 0 radical (unpaired) electrons. The van der Waals surface area contributed by atoms with Crippen LogP contribution in [0.15, 0.2) is 43.0 Å². The van der Waals surface area contributed by atoms with Gasteiger partial charge >= 0.3 is 0 Å². The van der Waals surface area contributed by atoms with Crippen LogP contribution in [0.3, 0.4) is 0 Å². The standard InChI is InChI=1S/C29H46O4Si/c1-11-20-16-22(28(30)21-13-15-23(31-8)25(17-21)32-18(2)3)27-24(14-12-19(4)26(20)27)33-34(9,10)29(5,6)7/h11,13,15,17-18,20,22,24,26-28,30H,1,4,12,14,16H2,2-3,5-10H3/t20-,22+,24-,26+,27-,28?/m1/s1. The lowest BCUT2D eigenvalue weighted by Gasteiger charge is -2.46. The van der Waals surface area contributed by atoms with E-state index in [-0.39, 0.29) is 29.1 Å². The molecule has 0 aliphatic heterocycles. The summed E-state index contributed by atoms with van der Waals surface area (Å²) in [7, 11) is -0.319. The molecule has 0 heterocycles. The maximum Gasteiger partial charge on any atom is 0.192 e. The Balaban J connectivity index is 1.97. The summed E-state index contributed by atoms with van der Waals surface area (Å²) in [6, 6.07) is 5.81. The zero-order valence-corrected chi connectivity index (χ0v) is 23.6. The van der Waals surface area contributed by atoms with Gasteiger partial charge in [-0.3, -0.25) is 0 Å². The lowest BCUT2D eigenvalue weighted by atomic mass is 9.70. The minimum Gasteiger partial charge on any atom is -0.493 e. The Labute approximate surface area is 208 Å². The smallest absolute Gasteiger partial charge is 0.192 e. The molecule has 1 aromatic carbocycles. The number of allylic oxidation sites excluding steroid dienone is 2. The van der Waals surface area contributed by atoms with Crippen molar-refractivity contribution < 1.29 is 19.0 Å². The quantitative estimate of drug-likeness (QED) is 0.309. The summed E-state index contributed by atoms with van der Waals surface area (Å²) >= 11 is 0. The summed E-state index contributed by atoms with van der Waals surface area (Å²) in [6.45, 7) is 24.1. The molecule has 1 N–H and O–H groups in total. The molecular formula is C29H46O4Si. The highest BCUT2D eigenvalue weighted by atomic mass is 28.4. The van der Waals surface area contributed by atoms with Gasteiger partial charge in [0.15, 0.2) is 19.8 Å². The van der Waals surface area contributed by atoms with Gasteiger partial charge in [0, 0.05) is 6.10 Å². The number of ether oxygens (including phenoxy) is 2.